The Hall–Kier alpha value is -1.59. The van der Waals surface area contributed by atoms with Crippen molar-refractivity contribution in [1.82, 2.24) is 0 Å². The van der Waals surface area contributed by atoms with Crippen molar-refractivity contribution in [3.8, 4) is 0 Å². The second kappa shape index (κ2) is 6.86. The summed E-state index contributed by atoms with van der Waals surface area (Å²) in [6, 6.07) is 0. The van der Waals surface area contributed by atoms with E-state index in [1.807, 2.05) is 0 Å². The van der Waals surface area contributed by atoms with Gasteiger partial charge in [-0.2, -0.15) is 0 Å². The van der Waals surface area contributed by atoms with Gasteiger partial charge in [0.1, 0.15) is 6.61 Å². The van der Waals surface area contributed by atoms with Gasteiger partial charge in [0.2, 0.25) is 6.10 Å². The van der Waals surface area contributed by atoms with Gasteiger partial charge in [0.05, 0.1) is 17.9 Å². The number of hydrogen-bond acceptors (Lipinski definition) is 6. The highest BCUT2D eigenvalue weighted by molar-refractivity contribution is 5.83. The van der Waals surface area contributed by atoms with Gasteiger partial charge in [-0.25, -0.2) is 4.79 Å². The van der Waals surface area contributed by atoms with Crippen LogP contribution in [0.1, 0.15) is 59.3 Å². The summed E-state index contributed by atoms with van der Waals surface area (Å²) in [6.07, 6.45) is 5.02. The molecular formula is C20H30O6. The lowest BCUT2D eigenvalue weighted by molar-refractivity contribution is -0.189. The molecule has 0 aromatic heterocycles. The van der Waals surface area contributed by atoms with Gasteiger partial charge in [-0.15, -0.1) is 0 Å². The quantitative estimate of drug-likeness (QED) is 0.550. The average molecular weight is 366 g/mol. The molecule has 0 N–H and O–H groups in total. The van der Waals surface area contributed by atoms with Crippen LogP contribution in [-0.2, 0) is 28.6 Å². The van der Waals surface area contributed by atoms with Gasteiger partial charge in [-0.1, -0.05) is 0 Å². The van der Waals surface area contributed by atoms with Crippen molar-refractivity contribution in [1.29, 1.82) is 0 Å². The van der Waals surface area contributed by atoms with Crippen LogP contribution in [-0.4, -0.2) is 37.7 Å². The monoisotopic (exact) mass is 366 g/mol. The molecule has 6 nitrogen and oxygen atoms in total. The molecule has 1 atom stereocenters. The van der Waals surface area contributed by atoms with Crippen LogP contribution in [0.5, 0.6) is 0 Å². The molecule has 0 aliphatic heterocycles. The number of esters is 3. The van der Waals surface area contributed by atoms with E-state index in [0.29, 0.717) is 17.8 Å². The molecule has 4 aliphatic rings. The van der Waals surface area contributed by atoms with E-state index in [2.05, 4.69) is 0 Å². The summed E-state index contributed by atoms with van der Waals surface area (Å²) in [4.78, 5) is 37.0. The van der Waals surface area contributed by atoms with E-state index in [9.17, 15) is 14.4 Å². The highest BCUT2D eigenvalue weighted by Gasteiger charge is 2.56. The van der Waals surface area contributed by atoms with Crippen molar-refractivity contribution in [2.75, 3.05) is 13.7 Å². The van der Waals surface area contributed by atoms with Gasteiger partial charge in [-0.05, 0) is 77.0 Å². The number of rotatable bonds is 5. The van der Waals surface area contributed by atoms with Crippen LogP contribution in [0, 0.1) is 28.6 Å². The molecule has 146 valence electrons. The Kier molecular flexibility index (Phi) is 5.06. The Morgan fingerprint density at radius 3 is 1.92 bits per heavy atom. The number of methoxy groups -OCH3 is 1. The smallest absolute Gasteiger partial charge is 0.350 e. The van der Waals surface area contributed by atoms with E-state index in [-0.39, 0.29) is 12.6 Å². The molecule has 26 heavy (non-hydrogen) atoms. The van der Waals surface area contributed by atoms with Gasteiger partial charge >= 0.3 is 17.9 Å². The normalized spacial score (nSPS) is 33.5. The molecular weight excluding hydrogens is 336 g/mol. The van der Waals surface area contributed by atoms with Crippen LogP contribution in [0.4, 0.5) is 0 Å². The molecule has 0 heterocycles. The molecule has 4 bridgehead atoms. The Bertz CT molecular complexity index is 552. The van der Waals surface area contributed by atoms with Crippen molar-refractivity contribution < 1.29 is 28.6 Å². The lowest BCUT2D eigenvalue weighted by Crippen LogP contribution is -2.52. The highest BCUT2D eigenvalue weighted by atomic mass is 16.6. The summed E-state index contributed by atoms with van der Waals surface area (Å²) in [5.74, 6) is 0.345. The van der Waals surface area contributed by atoms with Crippen LogP contribution in [0.3, 0.4) is 0 Å². The predicted molar refractivity (Wildman–Crippen MR) is 92.9 cm³/mol. The maximum Gasteiger partial charge on any atom is 0.350 e. The van der Waals surface area contributed by atoms with Crippen LogP contribution >= 0.6 is 0 Å². The average Bonchev–Trinajstić information content (AvgIpc) is 2.55. The second-order valence-corrected chi connectivity index (χ2v) is 9.46. The third-order valence-electron chi connectivity index (χ3n) is 6.16. The molecule has 4 saturated carbocycles. The number of carbonyl (C=O) groups is 3. The molecule has 0 aromatic rings. The van der Waals surface area contributed by atoms with Gasteiger partial charge in [0.25, 0.3) is 0 Å². The summed E-state index contributed by atoms with van der Waals surface area (Å²) in [6.45, 7) is 4.87. The first-order chi connectivity index (χ1) is 12.1. The first-order valence-electron chi connectivity index (χ1n) is 9.59. The maximum atomic E-state index is 13.0. The van der Waals surface area contributed by atoms with Crippen LogP contribution in [0.2, 0.25) is 0 Å². The first-order valence-corrected chi connectivity index (χ1v) is 9.59. The van der Waals surface area contributed by atoms with Crippen molar-refractivity contribution in [2.24, 2.45) is 28.6 Å². The summed E-state index contributed by atoms with van der Waals surface area (Å²) >= 11 is 0. The van der Waals surface area contributed by atoms with Gasteiger partial charge in [-0.3, -0.25) is 9.59 Å². The standard InChI is InChI=1S/C20H30O6/c1-19(2,3)17(22)25-11-15(16(21)24-4)26-18(23)20-8-12-5-13(9-20)7-14(6-12)10-20/h12-15H,5-11H2,1-4H3. The van der Waals surface area contributed by atoms with E-state index in [4.69, 9.17) is 14.2 Å². The van der Waals surface area contributed by atoms with E-state index in [0.717, 1.165) is 19.3 Å². The fourth-order valence-electron chi connectivity index (χ4n) is 5.26. The fraction of sp³-hybridized carbons (Fsp3) is 0.850. The molecule has 4 fully saturated rings. The minimum atomic E-state index is -1.20. The molecule has 0 radical (unpaired) electrons. The van der Waals surface area contributed by atoms with E-state index in [1.54, 1.807) is 20.8 Å². The Balaban J connectivity index is 1.66. The predicted octanol–water partition coefficient (Wildman–Crippen LogP) is 2.88. The van der Waals surface area contributed by atoms with Crippen LogP contribution in [0.25, 0.3) is 0 Å². The van der Waals surface area contributed by atoms with E-state index >= 15 is 0 Å². The molecule has 0 aromatic carbocycles. The minimum absolute atomic E-state index is 0.305. The summed E-state index contributed by atoms with van der Waals surface area (Å²) in [5.41, 5.74) is -1.15. The molecule has 4 rings (SSSR count). The summed E-state index contributed by atoms with van der Waals surface area (Å²) in [7, 11) is 1.24. The lowest BCUT2D eigenvalue weighted by Gasteiger charge is -2.55. The Morgan fingerprint density at radius 2 is 1.50 bits per heavy atom. The van der Waals surface area contributed by atoms with Gasteiger partial charge in [0, 0.05) is 0 Å². The number of hydrogen-bond donors (Lipinski definition) is 0. The molecule has 0 saturated heterocycles. The topological polar surface area (TPSA) is 78.9 Å². The second-order valence-electron chi connectivity index (χ2n) is 9.46. The molecule has 0 amide bonds. The molecule has 4 aliphatic carbocycles. The summed E-state index contributed by atoms with van der Waals surface area (Å²) in [5, 5.41) is 0. The third kappa shape index (κ3) is 3.74. The van der Waals surface area contributed by atoms with Gasteiger partial charge in [0.15, 0.2) is 0 Å². The zero-order chi connectivity index (χ0) is 19.1. The van der Waals surface area contributed by atoms with E-state index in [1.165, 1.54) is 26.4 Å². The third-order valence-corrected chi connectivity index (χ3v) is 6.16. The largest absolute Gasteiger partial charge is 0.466 e. The maximum absolute atomic E-state index is 13.0. The molecule has 1 unspecified atom stereocenters. The van der Waals surface area contributed by atoms with Crippen molar-refractivity contribution in [2.45, 2.75) is 65.4 Å². The highest BCUT2D eigenvalue weighted by Crippen LogP contribution is 2.60. The number of carbonyl (C=O) groups excluding carboxylic acids is 3. The van der Waals surface area contributed by atoms with Crippen molar-refractivity contribution >= 4 is 17.9 Å². The zero-order valence-electron chi connectivity index (χ0n) is 16.2. The SMILES string of the molecule is COC(=O)C(COC(=O)C(C)(C)C)OC(=O)C12CC3CC(CC(C3)C1)C2. The van der Waals surface area contributed by atoms with Crippen molar-refractivity contribution in [3.05, 3.63) is 0 Å². The van der Waals surface area contributed by atoms with E-state index < -0.39 is 28.9 Å². The van der Waals surface area contributed by atoms with Crippen molar-refractivity contribution in [3.63, 3.8) is 0 Å². The zero-order valence-corrected chi connectivity index (χ0v) is 16.2. The Morgan fingerprint density at radius 1 is 1.00 bits per heavy atom. The van der Waals surface area contributed by atoms with Gasteiger partial charge < -0.3 is 14.2 Å². The summed E-state index contributed by atoms with van der Waals surface area (Å²) < 4.78 is 15.5. The lowest BCUT2D eigenvalue weighted by atomic mass is 9.49. The van der Waals surface area contributed by atoms with Crippen LogP contribution < -0.4 is 0 Å². The first kappa shape index (κ1) is 19.2. The molecule has 6 heteroatoms. The van der Waals surface area contributed by atoms with Crippen LogP contribution in [0.15, 0.2) is 0 Å². The Labute approximate surface area is 154 Å². The number of ether oxygens (including phenoxy) is 3. The minimum Gasteiger partial charge on any atom is -0.466 e. The molecule has 0 spiro atoms. The fourth-order valence-corrected chi connectivity index (χ4v) is 5.26.